The van der Waals surface area contributed by atoms with Gasteiger partial charge in [0, 0.05) is 41.5 Å². The summed E-state index contributed by atoms with van der Waals surface area (Å²) in [6, 6.07) is 17.3. The van der Waals surface area contributed by atoms with Crippen molar-refractivity contribution in [1.82, 2.24) is 4.98 Å². The average molecular weight is 407 g/mol. The van der Waals surface area contributed by atoms with Gasteiger partial charge >= 0.3 is 0 Å². The zero-order valence-electron chi connectivity index (χ0n) is 16.0. The molecule has 2 aliphatic rings. The van der Waals surface area contributed by atoms with Crippen LogP contribution in [0, 0.1) is 0 Å². The maximum Gasteiger partial charge on any atom is 0.223 e. The van der Waals surface area contributed by atoms with Crippen LogP contribution < -0.4 is 20.7 Å². The Balaban J connectivity index is 0.000000145. The molecule has 29 heavy (non-hydrogen) atoms. The summed E-state index contributed by atoms with van der Waals surface area (Å²) >= 11 is 4.26. The lowest BCUT2D eigenvalue weighted by molar-refractivity contribution is -0.116. The van der Waals surface area contributed by atoms with Crippen LogP contribution in [0.5, 0.6) is 5.75 Å². The molecule has 6 nitrogen and oxygen atoms in total. The second kappa shape index (κ2) is 8.05. The molecule has 0 bridgehead atoms. The lowest BCUT2D eigenvalue weighted by Gasteiger charge is -2.14. The third kappa shape index (κ3) is 4.00. The van der Waals surface area contributed by atoms with Gasteiger partial charge in [0.05, 0.1) is 0 Å². The molecule has 7 heteroatoms. The van der Waals surface area contributed by atoms with E-state index in [4.69, 9.17) is 10.5 Å². The number of amides is 1. The maximum absolute atomic E-state index is 11.2. The first kappa shape index (κ1) is 19.1. The van der Waals surface area contributed by atoms with E-state index < -0.39 is 0 Å². The Hall–Kier alpha value is -3.19. The Bertz CT molecular complexity index is 1030. The number of aromatic nitrogens is 1. The minimum atomic E-state index is -0.244. The van der Waals surface area contributed by atoms with Crippen molar-refractivity contribution in [2.75, 3.05) is 22.5 Å². The number of pyridine rings is 1. The van der Waals surface area contributed by atoms with Crippen LogP contribution in [0.4, 0.5) is 17.2 Å². The van der Waals surface area contributed by atoms with E-state index in [1.165, 1.54) is 5.56 Å². The first-order valence-electron chi connectivity index (χ1n) is 9.35. The number of benzene rings is 2. The molecule has 1 atom stereocenters. The van der Waals surface area contributed by atoms with Gasteiger partial charge in [0.25, 0.3) is 0 Å². The maximum atomic E-state index is 11.2. The second-order valence-electron chi connectivity index (χ2n) is 6.85. The third-order valence-corrected chi connectivity index (χ3v) is 5.18. The summed E-state index contributed by atoms with van der Waals surface area (Å²) in [6.07, 6.45) is 2.43. The molecule has 3 N–H and O–H groups in total. The number of nitrogens with zero attached hydrogens (tertiary/aromatic N) is 2. The van der Waals surface area contributed by atoms with E-state index in [1.54, 1.807) is 13.1 Å². The van der Waals surface area contributed by atoms with Crippen LogP contribution in [0.2, 0.25) is 0 Å². The van der Waals surface area contributed by atoms with E-state index in [0.29, 0.717) is 5.69 Å². The van der Waals surface area contributed by atoms with Gasteiger partial charge < -0.3 is 20.7 Å². The molecule has 1 amide bonds. The highest BCUT2D eigenvalue weighted by molar-refractivity contribution is 7.80. The zero-order chi connectivity index (χ0) is 20.4. The van der Waals surface area contributed by atoms with Crippen molar-refractivity contribution < 1.29 is 9.53 Å². The second-order valence-corrected chi connectivity index (χ2v) is 7.37. The van der Waals surface area contributed by atoms with Crippen molar-refractivity contribution in [3.05, 3.63) is 71.9 Å². The molecule has 2 aliphatic heterocycles. The van der Waals surface area contributed by atoms with Crippen molar-refractivity contribution in [2.24, 2.45) is 0 Å². The Kier molecular flexibility index (Phi) is 5.31. The molecule has 0 radical (unpaired) electrons. The van der Waals surface area contributed by atoms with Crippen LogP contribution in [-0.4, -0.2) is 17.4 Å². The summed E-state index contributed by atoms with van der Waals surface area (Å²) in [5.41, 5.74) is 9.81. The lowest BCUT2D eigenvalue weighted by atomic mass is 10.1. The fraction of sp³-hybridized carbons (Fsp3) is 0.182. The Morgan fingerprint density at radius 2 is 2.07 bits per heavy atom. The van der Waals surface area contributed by atoms with Crippen molar-refractivity contribution in [3.8, 4) is 5.75 Å². The number of nitrogen functional groups attached to an aromatic ring is 1. The molecule has 0 fully saturated rings. The fourth-order valence-corrected chi connectivity index (χ4v) is 3.71. The molecular weight excluding hydrogens is 384 g/mol. The first-order valence-corrected chi connectivity index (χ1v) is 9.80. The normalized spacial score (nSPS) is 16.1. The first-order chi connectivity index (χ1) is 14.0. The molecule has 3 aromatic rings. The number of hydrogen-bond donors (Lipinski definition) is 3. The number of nitrogens with two attached hydrogens (primary N) is 1. The van der Waals surface area contributed by atoms with Gasteiger partial charge in [0.15, 0.2) is 17.8 Å². The molecule has 0 saturated carbocycles. The number of fused-ring (bicyclic) bond motifs is 2. The molecule has 3 heterocycles. The van der Waals surface area contributed by atoms with Crippen LogP contribution in [0.3, 0.4) is 0 Å². The number of anilines is 3. The fourth-order valence-electron chi connectivity index (χ4n) is 3.48. The van der Waals surface area contributed by atoms with Gasteiger partial charge in [-0.05, 0) is 48.4 Å². The average Bonchev–Trinajstić information content (AvgIpc) is 3.32. The van der Waals surface area contributed by atoms with E-state index in [0.717, 1.165) is 40.7 Å². The molecule has 148 valence electrons. The quantitative estimate of drug-likeness (QED) is 0.420. The number of rotatable bonds is 1. The molecule has 0 spiro atoms. The van der Waals surface area contributed by atoms with Crippen molar-refractivity contribution in [3.63, 3.8) is 0 Å². The van der Waals surface area contributed by atoms with Crippen LogP contribution in [-0.2, 0) is 11.2 Å². The predicted octanol–water partition coefficient (Wildman–Crippen LogP) is 4.05. The summed E-state index contributed by atoms with van der Waals surface area (Å²) in [5, 5.41) is 3.18. The highest BCUT2D eigenvalue weighted by Crippen LogP contribution is 2.37. The van der Waals surface area contributed by atoms with Crippen LogP contribution in [0.25, 0.3) is 0 Å². The van der Waals surface area contributed by atoms with Gasteiger partial charge in [-0.25, -0.2) is 4.98 Å². The van der Waals surface area contributed by atoms with Crippen LogP contribution in [0.15, 0.2) is 65.7 Å². The number of nitrogens with one attached hydrogen (secondary N) is 1. The van der Waals surface area contributed by atoms with Crippen molar-refractivity contribution in [2.45, 2.75) is 24.5 Å². The smallest absolute Gasteiger partial charge is 0.223 e. The number of hydrogen-bond acceptors (Lipinski definition) is 6. The summed E-state index contributed by atoms with van der Waals surface area (Å²) < 4.78 is 5.72. The Morgan fingerprint density at radius 3 is 2.83 bits per heavy atom. The van der Waals surface area contributed by atoms with Crippen LogP contribution in [0.1, 0.15) is 24.3 Å². The van der Waals surface area contributed by atoms with Crippen molar-refractivity contribution in [1.29, 1.82) is 0 Å². The SMILES string of the molecule is CC(=O)N1CCc2cc(S)ccc21.Nc1ccccc1C1Nc2ncccc2O1. The highest BCUT2D eigenvalue weighted by atomic mass is 32.1. The Labute approximate surface area is 175 Å². The van der Waals surface area contributed by atoms with Crippen molar-refractivity contribution >= 4 is 35.7 Å². The summed E-state index contributed by atoms with van der Waals surface area (Å²) in [6.45, 7) is 2.41. The summed E-state index contributed by atoms with van der Waals surface area (Å²) in [7, 11) is 0. The molecule has 0 saturated heterocycles. The Morgan fingerprint density at radius 1 is 1.24 bits per heavy atom. The monoisotopic (exact) mass is 406 g/mol. The molecule has 0 aliphatic carbocycles. The molecule has 1 aromatic heterocycles. The minimum absolute atomic E-state index is 0.116. The van der Waals surface area contributed by atoms with Gasteiger partial charge in [0.2, 0.25) is 5.91 Å². The highest BCUT2D eigenvalue weighted by Gasteiger charge is 2.25. The molecule has 5 rings (SSSR count). The summed E-state index contributed by atoms with van der Waals surface area (Å²) in [5.74, 6) is 1.64. The van der Waals surface area contributed by atoms with Gasteiger partial charge in [-0.3, -0.25) is 4.79 Å². The number of carbonyl (C=O) groups excluding carboxylic acids is 1. The van der Waals surface area contributed by atoms with Gasteiger partial charge in [-0.15, -0.1) is 12.6 Å². The largest absolute Gasteiger partial charge is 0.462 e. The van der Waals surface area contributed by atoms with E-state index >= 15 is 0 Å². The van der Waals surface area contributed by atoms with E-state index in [9.17, 15) is 4.79 Å². The number of para-hydroxylation sites is 1. The van der Waals surface area contributed by atoms with Crippen LogP contribution >= 0.6 is 12.6 Å². The molecular formula is C22H22N4O2S. The predicted molar refractivity (Wildman–Crippen MR) is 118 cm³/mol. The van der Waals surface area contributed by atoms with E-state index in [-0.39, 0.29) is 12.1 Å². The number of carbonyl (C=O) groups is 1. The molecule has 2 aromatic carbocycles. The zero-order valence-corrected chi connectivity index (χ0v) is 16.9. The third-order valence-electron chi connectivity index (χ3n) is 4.90. The number of thiol groups is 1. The number of ether oxygens (including phenoxy) is 1. The minimum Gasteiger partial charge on any atom is -0.462 e. The lowest BCUT2D eigenvalue weighted by Crippen LogP contribution is -2.25. The van der Waals surface area contributed by atoms with Gasteiger partial charge in [0.1, 0.15) is 0 Å². The van der Waals surface area contributed by atoms with E-state index in [1.807, 2.05) is 59.5 Å². The van der Waals surface area contributed by atoms with Gasteiger partial charge in [-0.2, -0.15) is 0 Å². The summed E-state index contributed by atoms with van der Waals surface area (Å²) in [4.78, 5) is 18.2. The van der Waals surface area contributed by atoms with Gasteiger partial charge in [-0.1, -0.05) is 18.2 Å². The topological polar surface area (TPSA) is 80.5 Å². The standard InChI is InChI=1S/C12H11N3O.C10H11NOS/c13-9-5-2-1-4-8(9)12-15-11-10(16-12)6-3-7-14-11;1-7(12)11-5-4-8-6-9(13)2-3-10(8)11/h1-7,12H,13H2,(H,14,15);2-3,6,13H,4-5H2,1H3. The van der Waals surface area contributed by atoms with E-state index in [2.05, 4.69) is 22.9 Å². The molecule has 1 unspecified atom stereocenters.